The number of alkyl carbamates (subject to hydrolysis) is 1. The van der Waals surface area contributed by atoms with E-state index >= 15 is 0 Å². The highest BCUT2D eigenvalue weighted by atomic mass is 16.7. The van der Waals surface area contributed by atoms with Crippen LogP contribution >= 0.6 is 0 Å². The summed E-state index contributed by atoms with van der Waals surface area (Å²) in [5, 5.41) is 20.7. The lowest BCUT2D eigenvalue weighted by Gasteiger charge is -2.39. The van der Waals surface area contributed by atoms with Crippen molar-refractivity contribution in [2.45, 2.75) is 149 Å². The molecule has 4 heterocycles. The van der Waals surface area contributed by atoms with E-state index in [9.17, 15) is 38.7 Å². The zero-order valence-electron chi connectivity index (χ0n) is 51.2. The third-order valence-electron chi connectivity index (χ3n) is 15.2. The molecule has 5 N–H and O–H groups in total. The minimum absolute atomic E-state index is 0.00619. The van der Waals surface area contributed by atoms with Crippen molar-refractivity contribution >= 4 is 59.0 Å². The molecule has 0 radical (unpaired) electrons. The Balaban J connectivity index is 0.952. The highest BCUT2D eigenvalue weighted by molar-refractivity contribution is 6.06. The molecule has 8 rings (SSSR count). The van der Waals surface area contributed by atoms with Gasteiger partial charge in [-0.05, 0) is 126 Å². The lowest BCUT2D eigenvalue weighted by molar-refractivity contribution is -0.195. The molecule has 474 valence electrons. The van der Waals surface area contributed by atoms with Crippen molar-refractivity contribution < 1.29 is 81.3 Å². The molecule has 0 spiro atoms. The maximum atomic E-state index is 14.5. The van der Waals surface area contributed by atoms with Gasteiger partial charge < -0.3 is 73.5 Å². The molecule has 3 fully saturated rings. The van der Waals surface area contributed by atoms with Gasteiger partial charge in [0.2, 0.25) is 11.8 Å². The number of anilines is 3. The standard InChI is InChI=1S/C64H81N7O17/c1-10-27-83-62(78)68-55(38(2)3)57(74)65-39(4)56(73)66-43-23-21-40(22-24-43)35-86-61(77)67-47-32-52(50(80-8)30-45(47)58(75)69-25-14-18-44(69)34-72)84-36-41-16-13-17-42(29-41)37-85-53-33-49-46(31-51(53)81-9)59(76)70-26-15-19-48(70)60(87-54-20-11-12-28-82-54)71(49)63(79)88-64(5,6)7/h10,13,16-17,21-24,29-33,38-39,44,48,54-55,60,72H,1,11-12,14-15,18-20,25-28,34-37H2,2-9H3,(H,65,74)(H,66,73)(H,67,77)(H,68,78)/t39-,44-,48-,54?,55-,60-/m0/s1. The second-order valence-electron chi connectivity index (χ2n) is 23.2. The lowest BCUT2D eigenvalue weighted by Crippen LogP contribution is -2.54. The first kappa shape index (κ1) is 65.4. The monoisotopic (exact) mass is 1220 g/mol. The highest BCUT2D eigenvalue weighted by Crippen LogP contribution is 2.44. The number of likely N-dealkylation sites (tertiary alicyclic amines) is 1. The summed E-state index contributed by atoms with van der Waals surface area (Å²) in [5.41, 5.74) is 2.10. The first-order valence-electron chi connectivity index (χ1n) is 29.7. The second-order valence-corrected chi connectivity index (χ2v) is 23.2. The van der Waals surface area contributed by atoms with Gasteiger partial charge in [0.25, 0.3) is 11.8 Å². The zero-order valence-corrected chi connectivity index (χ0v) is 51.2. The number of hydrogen-bond donors (Lipinski definition) is 5. The van der Waals surface area contributed by atoms with Crippen molar-refractivity contribution in [3.05, 3.63) is 113 Å². The minimum atomic E-state index is -0.984. The molecule has 1 unspecified atom stereocenters. The van der Waals surface area contributed by atoms with Gasteiger partial charge in [0.05, 0.1) is 55.4 Å². The van der Waals surface area contributed by atoms with E-state index in [0.717, 1.165) is 24.8 Å². The summed E-state index contributed by atoms with van der Waals surface area (Å²) < 4.78 is 53.7. The molecular weight excluding hydrogens is 1140 g/mol. The maximum absolute atomic E-state index is 14.5. The van der Waals surface area contributed by atoms with Crippen LogP contribution in [0.5, 0.6) is 23.0 Å². The molecule has 4 aliphatic heterocycles. The molecule has 88 heavy (non-hydrogen) atoms. The molecule has 4 aliphatic rings. The molecule has 0 aliphatic carbocycles. The highest BCUT2D eigenvalue weighted by Gasteiger charge is 2.48. The van der Waals surface area contributed by atoms with Gasteiger partial charge in [0.15, 0.2) is 35.5 Å². The number of methoxy groups -OCH3 is 2. The average molecular weight is 1220 g/mol. The third-order valence-corrected chi connectivity index (χ3v) is 15.2. The third kappa shape index (κ3) is 16.5. The number of aliphatic hydroxyl groups excluding tert-OH is 1. The topological polar surface area (TPSA) is 281 Å². The van der Waals surface area contributed by atoms with Crippen molar-refractivity contribution in [1.29, 1.82) is 0 Å². The summed E-state index contributed by atoms with van der Waals surface area (Å²) >= 11 is 0. The Morgan fingerprint density at radius 1 is 0.750 bits per heavy atom. The molecule has 7 amide bonds. The van der Waals surface area contributed by atoms with Gasteiger partial charge in [0, 0.05) is 37.5 Å². The Labute approximate surface area is 512 Å². The molecule has 0 saturated carbocycles. The fraction of sp³-hybridized carbons (Fsp3) is 0.484. The van der Waals surface area contributed by atoms with Crippen molar-refractivity contribution in [1.82, 2.24) is 20.4 Å². The predicted molar refractivity (Wildman–Crippen MR) is 323 cm³/mol. The maximum Gasteiger partial charge on any atom is 0.417 e. The van der Waals surface area contributed by atoms with Crippen LogP contribution in [0.4, 0.5) is 31.4 Å². The summed E-state index contributed by atoms with van der Waals surface area (Å²) in [6.45, 7) is 14.7. The summed E-state index contributed by atoms with van der Waals surface area (Å²) in [5.74, 6) is -1.25. The molecule has 4 aromatic carbocycles. The average Bonchev–Trinajstić information content (AvgIpc) is 1.64. The first-order chi connectivity index (χ1) is 42.2. The quantitative estimate of drug-likeness (QED) is 0.0342. The van der Waals surface area contributed by atoms with Crippen LogP contribution in [0.1, 0.15) is 124 Å². The number of nitrogens with zero attached hydrogens (tertiary/aromatic N) is 3. The predicted octanol–water partition coefficient (Wildman–Crippen LogP) is 8.82. The van der Waals surface area contributed by atoms with Gasteiger partial charge in [-0.15, -0.1) is 0 Å². The Morgan fingerprint density at radius 2 is 1.44 bits per heavy atom. The number of amides is 7. The van der Waals surface area contributed by atoms with Crippen LogP contribution in [0.15, 0.2) is 85.5 Å². The molecule has 4 aromatic rings. The number of ether oxygens (including phenoxy) is 9. The van der Waals surface area contributed by atoms with Crippen molar-refractivity contribution in [2.24, 2.45) is 5.92 Å². The Hall–Kier alpha value is -8.61. The number of nitrogens with one attached hydrogen (secondary N) is 4. The minimum Gasteiger partial charge on any atom is -0.493 e. The fourth-order valence-electron chi connectivity index (χ4n) is 10.8. The number of fused-ring (bicyclic) bond motifs is 2. The molecule has 0 aromatic heterocycles. The smallest absolute Gasteiger partial charge is 0.417 e. The van der Waals surface area contributed by atoms with Crippen LogP contribution in [0, 0.1) is 5.92 Å². The van der Waals surface area contributed by atoms with E-state index in [1.54, 1.807) is 80.8 Å². The fourth-order valence-corrected chi connectivity index (χ4v) is 10.8. The van der Waals surface area contributed by atoms with Gasteiger partial charge >= 0.3 is 18.3 Å². The largest absolute Gasteiger partial charge is 0.493 e. The van der Waals surface area contributed by atoms with Crippen LogP contribution in [-0.2, 0) is 53.1 Å². The first-order valence-corrected chi connectivity index (χ1v) is 29.7. The zero-order chi connectivity index (χ0) is 63.2. The van der Waals surface area contributed by atoms with Crippen LogP contribution in [0.25, 0.3) is 0 Å². The van der Waals surface area contributed by atoms with Gasteiger partial charge in [-0.3, -0.25) is 24.5 Å². The molecule has 6 atom stereocenters. The van der Waals surface area contributed by atoms with Crippen molar-refractivity contribution in [3.63, 3.8) is 0 Å². The molecule has 3 saturated heterocycles. The number of rotatable bonds is 23. The van der Waals surface area contributed by atoms with Gasteiger partial charge in [0.1, 0.15) is 44.1 Å². The molecule has 24 heteroatoms. The second kappa shape index (κ2) is 29.9. The SMILES string of the molecule is C=CCOC(=O)N[C@H](C(=O)N[C@@H](C)C(=O)Nc1ccc(COC(=O)Nc2cc(OCc3cccc(COc4cc5c(cc4OC)C(=O)N4CCC[C@H]4[C@H](OC4CCCCO4)N5C(=O)OC(C)(C)C)c3)c(OC)cc2C(=O)N2CCC[C@H]2CO)cc1)C(C)C. The van der Waals surface area contributed by atoms with E-state index in [-0.39, 0.29) is 90.4 Å². The van der Waals surface area contributed by atoms with Crippen molar-refractivity contribution in [3.8, 4) is 23.0 Å². The Morgan fingerprint density at radius 3 is 2.09 bits per heavy atom. The lowest BCUT2D eigenvalue weighted by atomic mass is 10.0. The van der Waals surface area contributed by atoms with Crippen molar-refractivity contribution in [2.75, 3.05) is 62.7 Å². The van der Waals surface area contributed by atoms with E-state index in [1.807, 2.05) is 24.3 Å². The van der Waals surface area contributed by atoms with Crippen LogP contribution in [0.2, 0.25) is 0 Å². The molecule has 24 nitrogen and oxygen atoms in total. The summed E-state index contributed by atoms with van der Waals surface area (Å²) in [6.07, 6.45) is 2.51. The van der Waals surface area contributed by atoms with Gasteiger partial charge in [-0.25, -0.2) is 19.3 Å². The summed E-state index contributed by atoms with van der Waals surface area (Å²) in [4.78, 5) is 99.7. The van der Waals surface area contributed by atoms with E-state index < -0.39 is 78.3 Å². The van der Waals surface area contributed by atoms with E-state index in [4.69, 9.17) is 42.6 Å². The Kier molecular flexibility index (Phi) is 22.2. The van der Waals surface area contributed by atoms with Gasteiger partial charge in [-0.2, -0.15) is 0 Å². The molecule has 0 bridgehead atoms. The number of carbonyl (C=O) groups is 7. The van der Waals surface area contributed by atoms with Crippen LogP contribution < -0.4 is 45.1 Å². The molecular formula is C64H81N7O17. The van der Waals surface area contributed by atoms with E-state index in [2.05, 4.69) is 27.8 Å². The number of aliphatic hydroxyl groups is 1. The Bertz CT molecular complexity index is 3160. The summed E-state index contributed by atoms with van der Waals surface area (Å²) in [7, 11) is 2.90. The van der Waals surface area contributed by atoms with Gasteiger partial charge in [-0.1, -0.05) is 56.8 Å². The van der Waals surface area contributed by atoms with Crippen LogP contribution in [0.3, 0.4) is 0 Å². The summed E-state index contributed by atoms with van der Waals surface area (Å²) in [6, 6.07) is 17.2. The number of carbonyl (C=O) groups excluding carboxylic acids is 7. The number of benzene rings is 4. The van der Waals surface area contributed by atoms with E-state index in [1.165, 1.54) is 44.3 Å². The van der Waals surface area contributed by atoms with E-state index in [0.29, 0.717) is 62.2 Å². The van der Waals surface area contributed by atoms with Crippen LogP contribution in [-0.4, -0.2) is 146 Å². The normalized spacial score (nSPS) is 18.8. The number of hydrogen-bond acceptors (Lipinski definition) is 17.